The van der Waals surface area contributed by atoms with Crippen LogP contribution in [0.5, 0.6) is 0 Å². The van der Waals surface area contributed by atoms with Gasteiger partial charge in [-0.3, -0.25) is 5.41 Å². The van der Waals surface area contributed by atoms with E-state index in [2.05, 4.69) is 42.5 Å². The van der Waals surface area contributed by atoms with Gasteiger partial charge in [-0.05, 0) is 34.2 Å². The van der Waals surface area contributed by atoms with Crippen LogP contribution in [-0.2, 0) is 12.8 Å². The monoisotopic (exact) mass is 222 g/mol. The summed E-state index contributed by atoms with van der Waals surface area (Å²) in [7, 11) is 0. The Kier molecular flexibility index (Phi) is 2.22. The summed E-state index contributed by atoms with van der Waals surface area (Å²) >= 11 is 0. The molecule has 0 saturated carbocycles. The van der Waals surface area contributed by atoms with Crippen molar-refractivity contribution in [3.63, 3.8) is 0 Å². The molecule has 2 heteroatoms. The number of hydrogen-bond donors (Lipinski definition) is 2. The van der Waals surface area contributed by atoms with E-state index < -0.39 is 0 Å². The van der Waals surface area contributed by atoms with Crippen molar-refractivity contribution < 1.29 is 0 Å². The molecule has 0 heterocycles. The molecule has 0 aromatic heterocycles. The van der Waals surface area contributed by atoms with Gasteiger partial charge >= 0.3 is 0 Å². The van der Waals surface area contributed by atoms with Crippen LogP contribution >= 0.6 is 0 Å². The summed E-state index contributed by atoms with van der Waals surface area (Å²) in [5, 5.41) is 7.43. The van der Waals surface area contributed by atoms with E-state index in [-0.39, 0.29) is 5.84 Å². The summed E-state index contributed by atoms with van der Waals surface area (Å²) in [5.74, 6) is 0.231. The van der Waals surface area contributed by atoms with E-state index in [1.807, 2.05) is 0 Å². The first-order valence-electron chi connectivity index (χ1n) is 5.77. The van der Waals surface area contributed by atoms with Crippen LogP contribution in [0.15, 0.2) is 42.5 Å². The van der Waals surface area contributed by atoms with Gasteiger partial charge < -0.3 is 5.73 Å². The first-order valence-corrected chi connectivity index (χ1v) is 5.77. The molecule has 17 heavy (non-hydrogen) atoms. The molecule has 2 aromatic carbocycles. The Hall–Kier alpha value is -2.09. The fourth-order valence-electron chi connectivity index (χ4n) is 2.59. The molecule has 0 radical (unpaired) electrons. The highest BCUT2D eigenvalue weighted by Gasteiger charge is 2.20. The average molecular weight is 222 g/mol. The van der Waals surface area contributed by atoms with Gasteiger partial charge in [0.25, 0.3) is 0 Å². The molecular weight excluding hydrogens is 208 g/mol. The van der Waals surface area contributed by atoms with E-state index in [0.29, 0.717) is 6.42 Å². The van der Waals surface area contributed by atoms with Crippen LogP contribution in [0.25, 0.3) is 11.1 Å². The normalized spacial score (nSPS) is 12.0. The Morgan fingerprint density at radius 2 is 1.82 bits per heavy atom. The summed E-state index contributed by atoms with van der Waals surface area (Å²) in [6.45, 7) is 0. The highest BCUT2D eigenvalue weighted by molar-refractivity contribution is 5.83. The van der Waals surface area contributed by atoms with E-state index in [9.17, 15) is 0 Å². The third-order valence-electron chi connectivity index (χ3n) is 3.33. The first-order chi connectivity index (χ1) is 8.25. The lowest BCUT2D eigenvalue weighted by Gasteiger charge is -2.07. The molecular formula is C15H14N2. The zero-order valence-corrected chi connectivity index (χ0v) is 9.53. The van der Waals surface area contributed by atoms with E-state index >= 15 is 0 Å². The van der Waals surface area contributed by atoms with Crippen molar-refractivity contribution in [2.75, 3.05) is 0 Å². The largest absolute Gasteiger partial charge is 0.387 e. The smallest absolute Gasteiger partial charge is 0.0950 e. The van der Waals surface area contributed by atoms with Crippen LogP contribution in [-0.4, -0.2) is 5.84 Å². The van der Waals surface area contributed by atoms with Crippen LogP contribution in [0.2, 0.25) is 0 Å². The summed E-state index contributed by atoms with van der Waals surface area (Å²) < 4.78 is 0. The number of nitrogens with one attached hydrogen (secondary N) is 1. The molecule has 0 spiro atoms. The maximum atomic E-state index is 7.43. The highest BCUT2D eigenvalue weighted by Crippen LogP contribution is 2.38. The molecule has 1 aliphatic rings. The minimum atomic E-state index is 0.231. The standard InChI is InChI=1S/C15H14N2/c16-15(17)9-11-5-3-7-13-12-6-2-1-4-10(12)8-14(11)13/h1-7H,8-9H2,(H3,16,17). The SMILES string of the molecule is N=C(N)Cc1cccc2c1Cc1ccccc1-2. The van der Waals surface area contributed by atoms with Gasteiger partial charge in [-0.15, -0.1) is 0 Å². The van der Waals surface area contributed by atoms with Crippen LogP contribution in [0.1, 0.15) is 16.7 Å². The van der Waals surface area contributed by atoms with Gasteiger partial charge in [0.1, 0.15) is 0 Å². The summed E-state index contributed by atoms with van der Waals surface area (Å²) in [5.41, 5.74) is 12.0. The number of benzene rings is 2. The molecule has 3 N–H and O–H groups in total. The van der Waals surface area contributed by atoms with Crippen molar-refractivity contribution in [3.05, 3.63) is 59.2 Å². The number of nitrogens with two attached hydrogens (primary N) is 1. The predicted molar refractivity (Wildman–Crippen MR) is 70.3 cm³/mol. The minimum Gasteiger partial charge on any atom is -0.387 e. The summed E-state index contributed by atoms with van der Waals surface area (Å²) in [4.78, 5) is 0. The van der Waals surface area contributed by atoms with E-state index in [0.717, 1.165) is 6.42 Å². The van der Waals surface area contributed by atoms with Crippen LogP contribution < -0.4 is 5.73 Å². The Labute approximate surface area is 101 Å². The molecule has 1 aliphatic carbocycles. The van der Waals surface area contributed by atoms with Gasteiger partial charge in [-0.1, -0.05) is 42.5 Å². The van der Waals surface area contributed by atoms with Gasteiger partial charge in [0, 0.05) is 6.42 Å². The highest BCUT2D eigenvalue weighted by atomic mass is 14.7. The van der Waals surface area contributed by atoms with Crippen LogP contribution in [0.4, 0.5) is 0 Å². The number of fused-ring (bicyclic) bond motifs is 3. The first kappa shape index (κ1) is 10.1. The zero-order valence-electron chi connectivity index (χ0n) is 9.53. The van der Waals surface area contributed by atoms with Crippen molar-refractivity contribution in [1.29, 1.82) is 5.41 Å². The van der Waals surface area contributed by atoms with Crippen LogP contribution in [0, 0.1) is 5.41 Å². The fraction of sp³-hybridized carbons (Fsp3) is 0.133. The number of rotatable bonds is 2. The van der Waals surface area contributed by atoms with Crippen molar-refractivity contribution in [2.24, 2.45) is 5.73 Å². The second-order valence-corrected chi connectivity index (χ2v) is 4.48. The third kappa shape index (κ3) is 1.62. The molecule has 0 amide bonds. The lowest BCUT2D eigenvalue weighted by atomic mass is 9.99. The molecule has 84 valence electrons. The van der Waals surface area contributed by atoms with Crippen LogP contribution in [0.3, 0.4) is 0 Å². The van der Waals surface area contributed by atoms with Crippen molar-refractivity contribution in [3.8, 4) is 11.1 Å². The maximum absolute atomic E-state index is 7.43. The van der Waals surface area contributed by atoms with Crippen molar-refractivity contribution in [2.45, 2.75) is 12.8 Å². The van der Waals surface area contributed by atoms with E-state index in [4.69, 9.17) is 11.1 Å². The Morgan fingerprint density at radius 3 is 2.65 bits per heavy atom. The van der Waals surface area contributed by atoms with Gasteiger partial charge in [0.15, 0.2) is 0 Å². The second kappa shape index (κ2) is 3.74. The third-order valence-corrected chi connectivity index (χ3v) is 3.33. The van der Waals surface area contributed by atoms with Gasteiger partial charge in [-0.2, -0.15) is 0 Å². The lowest BCUT2D eigenvalue weighted by molar-refractivity contribution is 1.16. The van der Waals surface area contributed by atoms with Crippen molar-refractivity contribution >= 4 is 5.84 Å². The molecule has 2 aromatic rings. The quantitative estimate of drug-likeness (QED) is 0.508. The average Bonchev–Trinajstić information content (AvgIpc) is 2.68. The Balaban J connectivity index is 2.14. The molecule has 0 unspecified atom stereocenters. The molecule has 0 fully saturated rings. The molecule has 3 rings (SSSR count). The molecule has 0 aliphatic heterocycles. The predicted octanol–water partition coefficient (Wildman–Crippen LogP) is 2.74. The fourth-order valence-corrected chi connectivity index (χ4v) is 2.59. The maximum Gasteiger partial charge on any atom is 0.0950 e. The van der Waals surface area contributed by atoms with E-state index in [1.54, 1.807) is 0 Å². The Morgan fingerprint density at radius 1 is 1.06 bits per heavy atom. The molecule has 0 saturated heterocycles. The van der Waals surface area contributed by atoms with Gasteiger partial charge in [-0.25, -0.2) is 0 Å². The lowest BCUT2D eigenvalue weighted by Crippen LogP contribution is -2.13. The van der Waals surface area contributed by atoms with E-state index in [1.165, 1.54) is 27.8 Å². The summed E-state index contributed by atoms with van der Waals surface area (Å²) in [6, 6.07) is 14.8. The van der Waals surface area contributed by atoms with Gasteiger partial charge in [0.2, 0.25) is 0 Å². The number of amidine groups is 1. The molecule has 0 atom stereocenters. The molecule has 0 bridgehead atoms. The topological polar surface area (TPSA) is 49.9 Å². The molecule has 2 nitrogen and oxygen atoms in total. The second-order valence-electron chi connectivity index (χ2n) is 4.48. The van der Waals surface area contributed by atoms with Crippen molar-refractivity contribution in [1.82, 2.24) is 0 Å². The summed E-state index contributed by atoms with van der Waals surface area (Å²) in [6.07, 6.45) is 1.52. The Bertz CT molecular complexity index is 600. The minimum absolute atomic E-state index is 0.231. The van der Waals surface area contributed by atoms with Gasteiger partial charge in [0.05, 0.1) is 5.84 Å². The zero-order chi connectivity index (χ0) is 11.8. The number of hydrogen-bond acceptors (Lipinski definition) is 1.